The van der Waals surface area contributed by atoms with E-state index >= 15 is 0 Å². The van der Waals surface area contributed by atoms with Gasteiger partial charge in [0.2, 0.25) is 5.91 Å². The first-order chi connectivity index (χ1) is 15.5. The van der Waals surface area contributed by atoms with Crippen LogP contribution in [0.2, 0.25) is 10.2 Å². The maximum absolute atomic E-state index is 12.3. The number of hydrogen-bond acceptors (Lipinski definition) is 5. The molecule has 1 aliphatic rings. The van der Waals surface area contributed by atoms with E-state index in [0.29, 0.717) is 5.56 Å². The first-order valence-electron chi connectivity index (χ1n) is 9.94. The van der Waals surface area contributed by atoms with Crippen LogP contribution in [0, 0.1) is 5.92 Å². The molecule has 12 heteroatoms. The highest BCUT2D eigenvalue weighted by Gasteiger charge is 2.32. The van der Waals surface area contributed by atoms with Gasteiger partial charge in [-0.15, -0.1) is 13.2 Å². The lowest BCUT2D eigenvalue weighted by Crippen LogP contribution is -2.31. The molecule has 0 saturated heterocycles. The number of nitrogens with two attached hydrogens (primary N) is 1. The van der Waals surface area contributed by atoms with Gasteiger partial charge in [0.1, 0.15) is 11.4 Å². The summed E-state index contributed by atoms with van der Waals surface area (Å²) in [5, 5.41) is 11.5. The average molecular weight is 508 g/mol. The number of ether oxygens (including phenoxy) is 1. The quantitative estimate of drug-likeness (QED) is 0.494. The highest BCUT2D eigenvalue weighted by molar-refractivity contribution is 6.36. The van der Waals surface area contributed by atoms with E-state index in [4.69, 9.17) is 34.0 Å². The monoisotopic (exact) mass is 507 g/mol. The number of benzene rings is 1. The Balaban J connectivity index is 0.000000273. The second-order valence-electron chi connectivity index (χ2n) is 7.20. The van der Waals surface area contributed by atoms with Crippen molar-refractivity contribution < 1.29 is 32.6 Å². The molecule has 3 rings (SSSR count). The molecule has 1 fully saturated rings. The SMILES string of the molecule is NC(=O)c1cc(Cl)c(O)c(Cl)n1.O=C(NCc1ccccc1OC(F)(F)F)C1CCCCC1. The number of pyridine rings is 1. The molecule has 33 heavy (non-hydrogen) atoms. The third kappa shape index (κ3) is 8.62. The Morgan fingerprint density at radius 3 is 2.39 bits per heavy atom. The number of carbonyl (C=O) groups excluding carboxylic acids is 2. The zero-order valence-electron chi connectivity index (χ0n) is 17.3. The number of alkyl halides is 3. The van der Waals surface area contributed by atoms with E-state index in [1.165, 1.54) is 18.2 Å². The van der Waals surface area contributed by atoms with E-state index in [-0.39, 0.29) is 45.7 Å². The van der Waals surface area contributed by atoms with Crippen LogP contribution in [0.15, 0.2) is 30.3 Å². The number of aromatic nitrogens is 1. The van der Waals surface area contributed by atoms with Gasteiger partial charge < -0.3 is 20.9 Å². The number of rotatable bonds is 5. The van der Waals surface area contributed by atoms with Crippen LogP contribution in [0.3, 0.4) is 0 Å². The van der Waals surface area contributed by atoms with Crippen molar-refractivity contribution in [3.63, 3.8) is 0 Å². The van der Waals surface area contributed by atoms with Crippen LogP contribution in [0.1, 0.15) is 48.2 Å². The summed E-state index contributed by atoms with van der Waals surface area (Å²) in [5.74, 6) is -1.48. The summed E-state index contributed by atoms with van der Waals surface area (Å²) >= 11 is 10.9. The van der Waals surface area contributed by atoms with Crippen molar-refractivity contribution in [2.45, 2.75) is 45.0 Å². The molecule has 4 N–H and O–H groups in total. The Labute approximate surface area is 198 Å². The van der Waals surface area contributed by atoms with Crippen LogP contribution in [0.5, 0.6) is 11.5 Å². The fourth-order valence-electron chi connectivity index (χ4n) is 3.17. The molecule has 2 amide bonds. The number of para-hydroxylation sites is 1. The van der Waals surface area contributed by atoms with Crippen molar-refractivity contribution >= 4 is 35.0 Å². The molecule has 0 unspecified atom stereocenters. The van der Waals surface area contributed by atoms with Gasteiger partial charge in [0.15, 0.2) is 10.9 Å². The molecule has 1 heterocycles. The number of carbonyl (C=O) groups is 2. The highest BCUT2D eigenvalue weighted by Crippen LogP contribution is 2.30. The summed E-state index contributed by atoms with van der Waals surface area (Å²) in [6, 6.07) is 6.99. The predicted octanol–water partition coefficient (Wildman–Crippen LogP) is 4.97. The fourth-order valence-corrected chi connectivity index (χ4v) is 3.60. The number of hydrogen-bond donors (Lipinski definition) is 3. The molecule has 0 bridgehead atoms. The zero-order chi connectivity index (χ0) is 24.6. The smallest absolute Gasteiger partial charge is 0.504 e. The minimum Gasteiger partial charge on any atom is -0.504 e. The Bertz CT molecular complexity index is 960. The van der Waals surface area contributed by atoms with Crippen LogP contribution in [-0.4, -0.2) is 28.3 Å². The molecule has 0 radical (unpaired) electrons. The largest absolute Gasteiger partial charge is 0.573 e. The molecule has 1 aliphatic carbocycles. The number of primary amides is 1. The lowest BCUT2D eigenvalue weighted by Gasteiger charge is -2.21. The predicted molar refractivity (Wildman–Crippen MR) is 116 cm³/mol. The van der Waals surface area contributed by atoms with Gasteiger partial charge in [-0.2, -0.15) is 0 Å². The number of nitrogens with one attached hydrogen (secondary N) is 1. The standard InChI is InChI=1S/C15H18F3NO2.C6H4Cl2N2O2/c16-15(17,18)21-13-9-5-4-8-12(13)10-19-14(20)11-6-2-1-3-7-11;7-2-1-3(6(9)12)10-5(8)4(2)11/h4-5,8-9,11H,1-3,6-7,10H2,(H,19,20);1,11H,(H2,9,12). The van der Waals surface area contributed by atoms with Crippen molar-refractivity contribution in [1.82, 2.24) is 10.3 Å². The first kappa shape index (κ1) is 26.5. The summed E-state index contributed by atoms with van der Waals surface area (Å²) < 4.78 is 40.9. The highest BCUT2D eigenvalue weighted by atomic mass is 35.5. The van der Waals surface area contributed by atoms with Crippen molar-refractivity contribution in [1.29, 1.82) is 0 Å². The minimum absolute atomic E-state index is 0.0190. The molecule has 0 atom stereocenters. The van der Waals surface area contributed by atoms with E-state index in [2.05, 4.69) is 15.0 Å². The van der Waals surface area contributed by atoms with E-state index in [0.717, 1.165) is 38.2 Å². The Kier molecular flexibility index (Phi) is 9.60. The first-order valence-corrected chi connectivity index (χ1v) is 10.7. The van der Waals surface area contributed by atoms with Gasteiger partial charge in [-0.05, 0) is 25.0 Å². The van der Waals surface area contributed by atoms with Crippen molar-refractivity contribution in [3.05, 3.63) is 51.8 Å². The maximum atomic E-state index is 12.3. The molecule has 0 spiro atoms. The van der Waals surface area contributed by atoms with Crippen molar-refractivity contribution in [2.75, 3.05) is 0 Å². The van der Waals surface area contributed by atoms with Gasteiger partial charge in [-0.1, -0.05) is 60.7 Å². The second-order valence-corrected chi connectivity index (χ2v) is 7.97. The Morgan fingerprint density at radius 2 is 1.82 bits per heavy atom. The topological polar surface area (TPSA) is 115 Å². The zero-order valence-corrected chi connectivity index (χ0v) is 18.8. The molecule has 1 aromatic heterocycles. The maximum Gasteiger partial charge on any atom is 0.573 e. The van der Waals surface area contributed by atoms with E-state index < -0.39 is 12.3 Å². The molecular formula is C21H22Cl2F3N3O4. The summed E-state index contributed by atoms with van der Waals surface area (Å²) in [7, 11) is 0. The van der Waals surface area contributed by atoms with Gasteiger partial charge in [0.05, 0.1) is 5.02 Å². The van der Waals surface area contributed by atoms with E-state index in [9.17, 15) is 22.8 Å². The van der Waals surface area contributed by atoms with Crippen LogP contribution >= 0.6 is 23.2 Å². The van der Waals surface area contributed by atoms with Gasteiger partial charge in [-0.25, -0.2) is 4.98 Å². The van der Waals surface area contributed by atoms with Crippen molar-refractivity contribution in [3.8, 4) is 11.5 Å². The van der Waals surface area contributed by atoms with Crippen LogP contribution in [0.25, 0.3) is 0 Å². The summed E-state index contributed by atoms with van der Waals surface area (Å²) in [4.78, 5) is 26.1. The molecule has 180 valence electrons. The molecule has 2 aromatic rings. The second kappa shape index (κ2) is 11.9. The molecule has 1 aromatic carbocycles. The third-order valence-corrected chi connectivity index (χ3v) is 5.34. The van der Waals surface area contributed by atoms with E-state index in [1.54, 1.807) is 6.07 Å². The average Bonchev–Trinajstić information content (AvgIpc) is 2.76. The lowest BCUT2D eigenvalue weighted by atomic mass is 9.88. The third-order valence-electron chi connectivity index (χ3n) is 4.78. The van der Waals surface area contributed by atoms with Crippen LogP contribution < -0.4 is 15.8 Å². The van der Waals surface area contributed by atoms with E-state index in [1.807, 2.05) is 0 Å². The van der Waals surface area contributed by atoms with Crippen LogP contribution in [-0.2, 0) is 11.3 Å². The summed E-state index contributed by atoms with van der Waals surface area (Å²) in [5.41, 5.74) is 5.14. The summed E-state index contributed by atoms with van der Waals surface area (Å²) in [6.45, 7) is 0.0432. The number of amides is 2. The number of nitrogens with zero attached hydrogens (tertiary/aromatic N) is 1. The summed E-state index contributed by atoms with van der Waals surface area (Å²) in [6.07, 6.45) is 0.187. The fraction of sp³-hybridized carbons (Fsp3) is 0.381. The minimum atomic E-state index is -4.73. The van der Waals surface area contributed by atoms with Gasteiger partial charge >= 0.3 is 6.36 Å². The van der Waals surface area contributed by atoms with Crippen LogP contribution in [0.4, 0.5) is 13.2 Å². The van der Waals surface area contributed by atoms with Gasteiger partial charge in [0, 0.05) is 18.0 Å². The van der Waals surface area contributed by atoms with Crippen molar-refractivity contribution in [2.24, 2.45) is 11.7 Å². The lowest BCUT2D eigenvalue weighted by molar-refractivity contribution is -0.274. The normalized spacial score (nSPS) is 14.1. The molecule has 7 nitrogen and oxygen atoms in total. The number of halogens is 5. The molecular weight excluding hydrogens is 486 g/mol. The van der Waals surface area contributed by atoms with Gasteiger partial charge in [0.25, 0.3) is 5.91 Å². The molecule has 1 saturated carbocycles. The Morgan fingerprint density at radius 1 is 1.18 bits per heavy atom. The van der Waals surface area contributed by atoms with Gasteiger partial charge in [-0.3, -0.25) is 9.59 Å². The number of aromatic hydroxyl groups is 1. The molecule has 0 aliphatic heterocycles. The Hall–Kier alpha value is -2.72.